The lowest BCUT2D eigenvalue weighted by Crippen LogP contribution is -2.52. The Morgan fingerprint density at radius 3 is 2.53 bits per heavy atom. The number of fused-ring (bicyclic) bond motifs is 1. The van der Waals surface area contributed by atoms with Gasteiger partial charge in [-0.25, -0.2) is 0 Å². The summed E-state index contributed by atoms with van der Waals surface area (Å²) >= 11 is 0. The maximum Gasteiger partial charge on any atom is 0.240 e. The zero-order valence-corrected chi connectivity index (χ0v) is 18.4. The fraction of sp³-hybridized carbons (Fsp3) is 0.440. The van der Waals surface area contributed by atoms with Crippen LogP contribution in [0.1, 0.15) is 62.5 Å². The normalized spacial score (nSPS) is 22.3. The zero-order valence-electron chi connectivity index (χ0n) is 18.4. The Labute approximate surface area is 188 Å². The van der Waals surface area contributed by atoms with E-state index in [9.17, 15) is 9.59 Å². The molecule has 1 saturated carbocycles. The molecule has 1 fully saturated rings. The molecule has 2 atom stereocenters. The third-order valence-electron chi connectivity index (χ3n) is 6.71. The van der Waals surface area contributed by atoms with E-state index in [1.165, 1.54) is 11.3 Å². The van der Waals surface area contributed by atoms with Crippen LogP contribution in [0.2, 0.25) is 0 Å². The third-order valence-corrected chi connectivity index (χ3v) is 6.71. The van der Waals surface area contributed by atoms with Gasteiger partial charge in [-0.2, -0.15) is 0 Å². The number of para-hydroxylation sites is 1. The predicted molar refractivity (Wildman–Crippen MR) is 124 cm³/mol. The monoisotopic (exact) mass is 431 g/mol. The van der Waals surface area contributed by atoms with E-state index in [1.807, 2.05) is 54.6 Å². The highest BCUT2D eigenvalue weighted by Crippen LogP contribution is 2.40. The lowest BCUT2D eigenvalue weighted by atomic mass is 9.83. The van der Waals surface area contributed by atoms with Crippen molar-refractivity contribution >= 4 is 17.5 Å². The van der Waals surface area contributed by atoms with Gasteiger partial charge in [-0.3, -0.25) is 9.59 Å². The van der Waals surface area contributed by atoms with E-state index < -0.39 is 6.04 Å². The summed E-state index contributed by atoms with van der Waals surface area (Å²) in [5, 5.41) is 7.00. The third kappa shape index (κ3) is 4.63. The minimum atomic E-state index is -0.879. The molecule has 7 nitrogen and oxygen atoms in total. The predicted octanol–water partition coefficient (Wildman–Crippen LogP) is 5.07. The zero-order chi connectivity index (χ0) is 22.6. The summed E-state index contributed by atoms with van der Waals surface area (Å²) in [6.07, 6.45) is 5.64. The van der Waals surface area contributed by atoms with Crippen LogP contribution in [-0.2, 0) is 9.59 Å². The van der Waals surface area contributed by atoms with Gasteiger partial charge in [0.25, 0.3) is 0 Å². The number of carbonyl (C=O) groups excluding carboxylic acids is 2. The van der Waals surface area contributed by atoms with E-state index in [-0.39, 0.29) is 29.8 Å². The first kappa shape index (κ1) is 21.9. The summed E-state index contributed by atoms with van der Waals surface area (Å²) < 4.78 is 0. The number of nitrogens with zero attached hydrogens (tertiary/aromatic N) is 4. The van der Waals surface area contributed by atoms with Crippen LogP contribution in [0, 0.1) is 0 Å². The van der Waals surface area contributed by atoms with Crippen molar-refractivity contribution < 1.29 is 9.59 Å². The second kappa shape index (κ2) is 9.45. The van der Waals surface area contributed by atoms with Crippen molar-refractivity contribution in [1.29, 1.82) is 0 Å². The molecule has 0 spiro atoms. The first-order chi connectivity index (χ1) is 15.5. The number of hydrogen-bond donors (Lipinski definition) is 1. The van der Waals surface area contributed by atoms with Crippen molar-refractivity contribution in [2.24, 2.45) is 5.11 Å². The van der Waals surface area contributed by atoms with Gasteiger partial charge < -0.3 is 10.2 Å². The summed E-state index contributed by atoms with van der Waals surface area (Å²) in [5.74, 6) is -0.635. The van der Waals surface area contributed by atoms with Gasteiger partial charge in [0.15, 0.2) is 0 Å². The van der Waals surface area contributed by atoms with E-state index in [0.29, 0.717) is 12.1 Å². The van der Waals surface area contributed by atoms with E-state index in [2.05, 4.69) is 22.3 Å². The fourth-order valence-corrected chi connectivity index (χ4v) is 5.08. The average molecular weight is 432 g/mol. The Morgan fingerprint density at radius 2 is 1.81 bits per heavy atom. The van der Waals surface area contributed by atoms with Crippen molar-refractivity contribution in [1.82, 2.24) is 5.32 Å². The van der Waals surface area contributed by atoms with E-state index in [1.54, 1.807) is 0 Å². The summed E-state index contributed by atoms with van der Waals surface area (Å²) in [6, 6.07) is 16.7. The maximum atomic E-state index is 13.5. The second-order valence-electron chi connectivity index (χ2n) is 9.07. The number of hydrogen-bond acceptors (Lipinski definition) is 3. The van der Waals surface area contributed by atoms with Crippen molar-refractivity contribution in [2.75, 3.05) is 11.4 Å². The number of amides is 2. The van der Waals surface area contributed by atoms with Crippen molar-refractivity contribution in [3.05, 3.63) is 76.2 Å². The van der Waals surface area contributed by atoms with Crippen LogP contribution in [0.4, 0.5) is 5.69 Å². The lowest BCUT2D eigenvalue weighted by molar-refractivity contribution is -0.125. The van der Waals surface area contributed by atoms with Crippen molar-refractivity contribution in [3.8, 4) is 0 Å². The molecule has 1 aliphatic heterocycles. The van der Waals surface area contributed by atoms with Crippen LogP contribution >= 0.6 is 0 Å². The molecule has 1 N–H and O–H groups in total. The van der Waals surface area contributed by atoms with Gasteiger partial charge in [0.05, 0.1) is 0 Å². The average Bonchev–Trinajstić information content (AvgIpc) is 2.91. The first-order valence-corrected chi connectivity index (χ1v) is 11.3. The topological polar surface area (TPSA) is 98.2 Å². The van der Waals surface area contributed by atoms with Crippen LogP contribution in [0.3, 0.4) is 0 Å². The molecule has 0 unspecified atom stereocenters. The number of carbonyl (C=O) groups is 2. The molecule has 0 radical (unpaired) electrons. The standard InChI is InChI=1S/C25H29N5O2/c1-25(14-8-3-9-15-25)27-23(31)17-30-22-13-7-6-12-19(22)20(18-10-4-2-5-11-18)16-21(24(30)32)28-29-26/h2,4-7,10-13,20-21H,3,8-9,14-17H2,1H3,(H,27,31)/t20-,21-/m1/s1. The van der Waals surface area contributed by atoms with Crippen LogP contribution in [0.25, 0.3) is 10.4 Å². The molecule has 2 aromatic carbocycles. The molecule has 2 aromatic rings. The Balaban J connectivity index is 1.68. The van der Waals surface area contributed by atoms with Crippen LogP contribution < -0.4 is 10.2 Å². The number of benzene rings is 2. The molecule has 0 saturated heterocycles. The largest absolute Gasteiger partial charge is 0.349 e. The Kier molecular flexibility index (Phi) is 6.47. The highest BCUT2D eigenvalue weighted by atomic mass is 16.2. The SMILES string of the molecule is CC1(NC(=O)CN2C(=O)[C@H](N=[N+]=[N-])C[C@H](c3ccccc3)c3ccccc32)CCCCC1. The van der Waals surface area contributed by atoms with Crippen molar-refractivity contribution in [2.45, 2.75) is 62.9 Å². The molecule has 0 aromatic heterocycles. The first-order valence-electron chi connectivity index (χ1n) is 11.3. The van der Waals surface area contributed by atoms with Gasteiger partial charge in [0, 0.05) is 22.1 Å². The summed E-state index contributed by atoms with van der Waals surface area (Å²) in [7, 11) is 0. The van der Waals surface area contributed by atoms with Gasteiger partial charge in [0.1, 0.15) is 12.6 Å². The number of rotatable bonds is 5. The highest BCUT2D eigenvalue weighted by molar-refractivity contribution is 6.03. The molecule has 2 aliphatic rings. The molecule has 32 heavy (non-hydrogen) atoms. The summed E-state index contributed by atoms with van der Waals surface area (Å²) in [4.78, 5) is 31.0. The number of nitrogens with one attached hydrogen (secondary N) is 1. The number of anilines is 1. The molecular weight excluding hydrogens is 402 g/mol. The molecule has 166 valence electrons. The Bertz CT molecular complexity index is 1030. The van der Waals surface area contributed by atoms with Crippen LogP contribution in [0.15, 0.2) is 59.7 Å². The molecule has 0 bridgehead atoms. The van der Waals surface area contributed by atoms with Crippen LogP contribution in [-0.4, -0.2) is 29.9 Å². The lowest BCUT2D eigenvalue weighted by Gasteiger charge is -2.35. The molecule has 1 heterocycles. The summed E-state index contributed by atoms with van der Waals surface area (Å²) in [6.45, 7) is 1.99. The minimum Gasteiger partial charge on any atom is -0.349 e. The summed E-state index contributed by atoms with van der Waals surface area (Å²) in [5.41, 5.74) is 11.6. The smallest absolute Gasteiger partial charge is 0.240 e. The molecule has 4 rings (SSSR count). The fourth-order valence-electron chi connectivity index (χ4n) is 5.08. The van der Waals surface area contributed by atoms with Gasteiger partial charge in [-0.1, -0.05) is 72.9 Å². The van der Waals surface area contributed by atoms with Gasteiger partial charge >= 0.3 is 0 Å². The Morgan fingerprint density at radius 1 is 1.12 bits per heavy atom. The number of azide groups is 1. The van der Waals surface area contributed by atoms with Crippen LogP contribution in [0.5, 0.6) is 0 Å². The van der Waals surface area contributed by atoms with Gasteiger partial charge in [-0.15, -0.1) is 0 Å². The Hall–Kier alpha value is -3.31. The highest BCUT2D eigenvalue weighted by Gasteiger charge is 2.37. The second-order valence-corrected chi connectivity index (χ2v) is 9.07. The molecule has 2 amide bonds. The van der Waals surface area contributed by atoms with Crippen molar-refractivity contribution in [3.63, 3.8) is 0 Å². The molecular formula is C25H29N5O2. The quantitative estimate of drug-likeness (QED) is 0.406. The van der Waals surface area contributed by atoms with E-state index in [0.717, 1.165) is 36.8 Å². The molecule has 1 aliphatic carbocycles. The van der Waals surface area contributed by atoms with Gasteiger partial charge in [0.2, 0.25) is 11.8 Å². The van der Waals surface area contributed by atoms with E-state index in [4.69, 9.17) is 5.53 Å². The van der Waals surface area contributed by atoms with Gasteiger partial charge in [-0.05, 0) is 48.9 Å². The maximum absolute atomic E-state index is 13.5. The van der Waals surface area contributed by atoms with E-state index >= 15 is 0 Å². The molecule has 7 heteroatoms. The minimum absolute atomic E-state index is 0.0929.